The molecule has 1 aromatic rings. The molecule has 1 heterocycles. The number of rotatable bonds is 4. The van der Waals surface area contributed by atoms with Gasteiger partial charge in [-0.1, -0.05) is 44.2 Å². The summed E-state index contributed by atoms with van der Waals surface area (Å²) in [4.78, 5) is 25.8. The fourth-order valence-electron chi connectivity index (χ4n) is 2.45. The maximum Gasteiger partial charge on any atom is 0.236 e. The van der Waals surface area contributed by atoms with Crippen LogP contribution in [0.15, 0.2) is 30.3 Å². The quantitative estimate of drug-likeness (QED) is 0.780. The van der Waals surface area contributed by atoms with E-state index in [1.807, 2.05) is 30.3 Å². The lowest BCUT2D eigenvalue weighted by molar-refractivity contribution is -0.149. The molecule has 3 nitrogen and oxygen atoms in total. The minimum atomic E-state index is -0.147. The van der Waals surface area contributed by atoms with Gasteiger partial charge >= 0.3 is 0 Å². The van der Waals surface area contributed by atoms with Gasteiger partial charge in [-0.3, -0.25) is 14.5 Å². The molecule has 1 aromatic carbocycles. The van der Waals surface area contributed by atoms with Gasteiger partial charge in [0.1, 0.15) is 0 Å². The summed E-state index contributed by atoms with van der Waals surface area (Å²) in [6.07, 6.45) is 1.99. The van der Waals surface area contributed by atoms with Crippen LogP contribution in [0.3, 0.4) is 0 Å². The van der Waals surface area contributed by atoms with Crippen molar-refractivity contribution >= 4 is 11.8 Å². The van der Waals surface area contributed by atoms with E-state index in [0.717, 1.165) is 12.0 Å². The molecule has 2 rings (SSSR count). The van der Waals surface area contributed by atoms with Crippen LogP contribution < -0.4 is 0 Å². The average molecular weight is 259 g/mol. The number of likely N-dealkylation sites (tertiary alicyclic amines) is 1. The van der Waals surface area contributed by atoms with Gasteiger partial charge in [-0.15, -0.1) is 0 Å². The van der Waals surface area contributed by atoms with Crippen molar-refractivity contribution in [1.29, 1.82) is 0 Å². The summed E-state index contributed by atoms with van der Waals surface area (Å²) in [5.41, 5.74) is 1.02. The first kappa shape index (κ1) is 13.8. The average Bonchev–Trinajstić information content (AvgIpc) is 2.39. The van der Waals surface area contributed by atoms with Crippen LogP contribution in [0, 0.1) is 5.92 Å². The van der Waals surface area contributed by atoms with Crippen LogP contribution in [-0.4, -0.2) is 23.3 Å². The van der Waals surface area contributed by atoms with E-state index in [1.54, 1.807) is 0 Å². The molecule has 3 heteroatoms. The number of imide groups is 1. The van der Waals surface area contributed by atoms with Gasteiger partial charge in [0.25, 0.3) is 0 Å². The van der Waals surface area contributed by atoms with Crippen LogP contribution in [-0.2, 0) is 9.59 Å². The monoisotopic (exact) mass is 259 g/mol. The molecule has 1 atom stereocenters. The molecule has 2 amide bonds. The Kier molecular flexibility index (Phi) is 4.35. The zero-order chi connectivity index (χ0) is 13.8. The van der Waals surface area contributed by atoms with Gasteiger partial charge in [0, 0.05) is 13.0 Å². The number of carbonyl (C=O) groups is 2. The lowest BCUT2D eigenvalue weighted by atomic mass is 9.89. The molecule has 0 bridgehead atoms. The summed E-state index contributed by atoms with van der Waals surface area (Å²) in [7, 11) is 0. The molecule has 0 radical (unpaired) electrons. The van der Waals surface area contributed by atoms with E-state index in [4.69, 9.17) is 0 Å². The number of hydrogen-bond acceptors (Lipinski definition) is 2. The summed E-state index contributed by atoms with van der Waals surface area (Å²) in [6.45, 7) is 4.76. The lowest BCUT2D eigenvalue weighted by Gasteiger charge is -2.31. The number of piperidine rings is 1. The summed E-state index contributed by atoms with van der Waals surface area (Å²) in [5.74, 6) is 0.310. The summed E-state index contributed by atoms with van der Waals surface area (Å²) < 4.78 is 0. The fraction of sp³-hybridized carbons (Fsp3) is 0.500. The van der Waals surface area contributed by atoms with Crippen LogP contribution in [0.25, 0.3) is 0 Å². The molecule has 0 N–H and O–H groups in total. The Hall–Kier alpha value is -1.64. The number of hydrogen-bond donors (Lipinski definition) is 0. The standard InChI is InChI=1S/C16H21NO2/c1-12(2)10-11-17-15(18)9-8-14(16(17)19)13-6-4-3-5-7-13/h3-7,12,14H,8-11H2,1-2H3. The zero-order valence-electron chi connectivity index (χ0n) is 11.6. The highest BCUT2D eigenvalue weighted by Crippen LogP contribution is 2.29. The van der Waals surface area contributed by atoms with Crippen LogP contribution >= 0.6 is 0 Å². The second-order valence-corrected chi connectivity index (χ2v) is 5.57. The Balaban J connectivity index is 2.12. The molecule has 1 aliphatic rings. The molecule has 1 saturated heterocycles. The topological polar surface area (TPSA) is 37.4 Å². The zero-order valence-corrected chi connectivity index (χ0v) is 11.6. The van der Waals surface area contributed by atoms with Crippen molar-refractivity contribution in [2.45, 2.75) is 39.0 Å². The molecular formula is C16H21NO2. The third-order valence-electron chi connectivity index (χ3n) is 3.64. The molecule has 0 aliphatic carbocycles. The highest BCUT2D eigenvalue weighted by Gasteiger charge is 2.34. The smallest absolute Gasteiger partial charge is 0.236 e. The van der Waals surface area contributed by atoms with E-state index in [1.165, 1.54) is 4.90 Å². The van der Waals surface area contributed by atoms with E-state index in [9.17, 15) is 9.59 Å². The molecule has 0 spiro atoms. The van der Waals surface area contributed by atoms with Crippen molar-refractivity contribution < 1.29 is 9.59 Å². The van der Waals surface area contributed by atoms with Crippen LogP contribution in [0.2, 0.25) is 0 Å². The predicted molar refractivity (Wildman–Crippen MR) is 74.6 cm³/mol. The van der Waals surface area contributed by atoms with Gasteiger partial charge in [0.2, 0.25) is 11.8 Å². The second-order valence-electron chi connectivity index (χ2n) is 5.57. The molecule has 0 saturated carbocycles. The maximum absolute atomic E-state index is 12.5. The van der Waals surface area contributed by atoms with E-state index in [-0.39, 0.29) is 17.7 Å². The molecular weight excluding hydrogens is 238 g/mol. The molecule has 1 unspecified atom stereocenters. The minimum absolute atomic E-state index is 0.0159. The van der Waals surface area contributed by atoms with E-state index in [0.29, 0.717) is 25.3 Å². The van der Waals surface area contributed by atoms with Crippen LogP contribution in [0.1, 0.15) is 44.6 Å². The van der Waals surface area contributed by atoms with Crippen LogP contribution in [0.5, 0.6) is 0 Å². The SMILES string of the molecule is CC(C)CCN1C(=O)CCC(c2ccccc2)C1=O. The molecule has 102 valence electrons. The minimum Gasteiger partial charge on any atom is -0.282 e. The van der Waals surface area contributed by atoms with Crippen molar-refractivity contribution in [3.63, 3.8) is 0 Å². The van der Waals surface area contributed by atoms with Crippen molar-refractivity contribution in [3.8, 4) is 0 Å². The highest BCUT2D eigenvalue weighted by atomic mass is 16.2. The molecule has 19 heavy (non-hydrogen) atoms. The third-order valence-corrected chi connectivity index (χ3v) is 3.64. The van der Waals surface area contributed by atoms with Gasteiger partial charge in [-0.2, -0.15) is 0 Å². The Labute approximate surface area is 114 Å². The number of benzene rings is 1. The Morgan fingerprint density at radius 2 is 1.89 bits per heavy atom. The first-order valence-electron chi connectivity index (χ1n) is 6.98. The first-order valence-corrected chi connectivity index (χ1v) is 6.98. The normalized spacial score (nSPS) is 20.2. The fourth-order valence-corrected chi connectivity index (χ4v) is 2.45. The van der Waals surface area contributed by atoms with Gasteiger partial charge in [-0.25, -0.2) is 0 Å². The first-order chi connectivity index (χ1) is 9.09. The molecule has 1 aliphatic heterocycles. The van der Waals surface area contributed by atoms with E-state index in [2.05, 4.69) is 13.8 Å². The van der Waals surface area contributed by atoms with E-state index >= 15 is 0 Å². The second kappa shape index (κ2) is 6.00. The number of amides is 2. The van der Waals surface area contributed by atoms with Gasteiger partial charge in [0.15, 0.2) is 0 Å². The van der Waals surface area contributed by atoms with Gasteiger partial charge < -0.3 is 0 Å². The molecule has 0 aromatic heterocycles. The molecule has 1 fully saturated rings. The Bertz CT molecular complexity index is 453. The summed E-state index contributed by atoms with van der Waals surface area (Å²) >= 11 is 0. The lowest BCUT2D eigenvalue weighted by Crippen LogP contribution is -2.44. The largest absolute Gasteiger partial charge is 0.282 e. The van der Waals surface area contributed by atoms with E-state index < -0.39 is 0 Å². The summed E-state index contributed by atoms with van der Waals surface area (Å²) in [6, 6.07) is 9.77. The highest BCUT2D eigenvalue weighted by molar-refractivity contribution is 6.01. The van der Waals surface area contributed by atoms with Gasteiger partial charge in [-0.05, 0) is 24.3 Å². The van der Waals surface area contributed by atoms with Crippen molar-refractivity contribution in [3.05, 3.63) is 35.9 Å². The van der Waals surface area contributed by atoms with Crippen molar-refractivity contribution in [2.24, 2.45) is 5.92 Å². The Morgan fingerprint density at radius 1 is 1.21 bits per heavy atom. The maximum atomic E-state index is 12.5. The predicted octanol–water partition coefficient (Wildman–Crippen LogP) is 2.97. The number of carbonyl (C=O) groups excluding carboxylic acids is 2. The van der Waals surface area contributed by atoms with Crippen molar-refractivity contribution in [2.75, 3.05) is 6.54 Å². The number of nitrogens with zero attached hydrogens (tertiary/aromatic N) is 1. The Morgan fingerprint density at radius 3 is 2.53 bits per heavy atom. The van der Waals surface area contributed by atoms with Crippen LogP contribution in [0.4, 0.5) is 0 Å². The third kappa shape index (κ3) is 3.22. The summed E-state index contributed by atoms with van der Waals surface area (Å²) in [5, 5.41) is 0. The van der Waals surface area contributed by atoms with Gasteiger partial charge in [0.05, 0.1) is 5.92 Å². The van der Waals surface area contributed by atoms with Crippen molar-refractivity contribution in [1.82, 2.24) is 4.90 Å².